The van der Waals surface area contributed by atoms with Crippen molar-refractivity contribution in [3.8, 4) is 0 Å². The van der Waals surface area contributed by atoms with E-state index in [9.17, 15) is 9.59 Å². The SMILES string of the molecule is Cc1ccc(C(=O)C2CCN(C(=O)N(C)C)CC2)cc1. The van der Waals surface area contributed by atoms with E-state index >= 15 is 0 Å². The van der Waals surface area contributed by atoms with Crippen molar-refractivity contribution in [3.63, 3.8) is 0 Å². The third kappa shape index (κ3) is 3.18. The number of amides is 2. The Labute approximate surface area is 120 Å². The van der Waals surface area contributed by atoms with E-state index in [1.807, 2.05) is 36.1 Å². The Balaban J connectivity index is 1.95. The molecule has 4 heteroatoms. The summed E-state index contributed by atoms with van der Waals surface area (Å²) in [5.41, 5.74) is 1.95. The van der Waals surface area contributed by atoms with Gasteiger partial charge in [-0.05, 0) is 19.8 Å². The van der Waals surface area contributed by atoms with Gasteiger partial charge in [0.25, 0.3) is 0 Å². The largest absolute Gasteiger partial charge is 0.331 e. The summed E-state index contributed by atoms with van der Waals surface area (Å²) in [6, 6.07) is 7.77. The maximum absolute atomic E-state index is 12.4. The summed E-state index contributed by atoms with van der Waals surface area (Å²) in [6.07, 6.45) is 1.51. The van der Waals surface area contributed by atoms with Crippen molar-refractivity contribution in [2.24, 2.45) is 5.92 Å². The first-order valence-electron chi connectivity index (χ1n) is 7.06. The van der Waals surface area contributed by atoms with Gasteiger partial charge in [-0.15, -0.1) is 0 Å². The lowest BCUT2D eigenvalue weighted by Crippen LogP contribution is -2.44. The third-order valence-electron chi connectivity index (χ3n) is 3.85. The lowest BCUT2D eigenvalue weighted by molar-refractivity contribution is 0.0843. The van der Waals surface area contributed by atoms with Crippen LogP contribution in [0.25, 0.3) is 0 Å². The first-order chi connectivity index (χ1) is 9.49. The van der Waals surface area contributed by atoms with Gasteiger partial charge in [-0.2, -0.15) is 0 Å². The molecule has 0 unspecified atom stereocenters. The summed E-state index contributed by atoms with van der Waals surface area (Å²) in [5.74, 6) is 0.255. The van der Waals surface area contributed by atoms with E-state index in [-0.39, 0.29) is 17.7 Å². The highest BCUT2D eigenvalue weighted by Gasteiger charge is 2.28. The maximum Gasteiger partial charge on any atom is 0.319 e. The molecular formula is C16H22N2O2. The van der Waals surface area contributed by atoms with E-state index in [1.165, 1.54) is 0 Å². The average molecular weight is 274 g/mol. The highest BCUT2D eigenvalue weighted by Crippen LogP contribution is 2.22. The Kier molecular flexibility index (Phi) is 4.42. The van der Waals surface area contributed by atoms with Crippen molar-refractivity contribution >= 4 is 11.8 Å². The van der Waals surface area contributed by atoms with Gasteiger partial charge in [-0.3, -0.25) is 4.79 Å². The average Bonchev–Trinajstić information content (AvgIpc) is 2.46. The number of ketones is 1. The molecule has 0 bridgehead atoms. The molecule has 1 saturated heterocycles. The van der Waals surface area contributed by atoms with E-state index < -0.39 is 0 Å². The van der Waals surface area contributed by atoms with E-state index in [1.54, 1.807) is 19.0 Å². The van der Waals surface area contributed by atoms with Crippen LogP contribution < -0.4 is 0 Å². The molecule has 1 heterocycles. The lowest BCUT2D eigenvalue weighted by atomic mass is 9.89. The fourth-order valence-electron chi connectivity index (χ4n) is 2.57. The molecule has 1 aromatic rings. The summed E-state index contributed by atoms with van der Waals surface area (Å²) in [5, 5.41) is 0. The Bertz CT molecular complexity index is 486. The van der Waals surface area contributed by atoms with E-state index in [4.69, 9.17) is 0 Å². The molecule has 1 aliphatic heterocycles. The predicted octanol–water partition coefficient (Wildman–Crippen LogP) is 2.57. The van der Waals surface area contributed by atoms with Crippen LogP contribution >= 0.6 is 0 Å². The van der Waals surface area contributed by atoms with Crippen LogP contribution in [0.1, 0.15) is 28.8 Å². The molecule has 0 aliphatic carbocycles. The first kappa shape index (κ1) is 14.6. The summed E-state index contributed by atoms with van der Waals surface area (Å²) in [4.78, 5) is 27.7. The fraction of sp³-hybridized carbons (Fsp3) is 0.500. The number of Topliss-reactive ketones (excluding diaryl/α,β-unsaturated/α-hetero) is 1. The molecule has 4 nitrogen and oxygen atoms in total. The molecule has 1 aromatic carbocycles. The van der Waals surface area contributed by atoms with Crippen molar-refractivity contribution < 1.29 is 9.59 Å². The van der Waals surface area contributed by atoms with Gasteiger partial charge in [-0.25, -0.2) is 4.79 Å². The number of hydrogen-bond donors (Lipinski definition) is 0. The van der Waals surface area contributed by atoms with Crippen LogP contribution in [-0.4, -0.2) is 48.8 Å². The van der Waals surface area contributed by atoms with E-state index in [0.717, 1.165) is 24.0 Å². The number of likely N-dealkylation sites (tertiary alicyclic amines) is 1. The number of urea groups is 1. The van der Waals surface area contributed by atoms with Crippen molar-refractivity contribution in [1.29, 1.82) is 0 Å². The van der Waals surface area contributed by atoms with Crippen LogP contribution in [0.2, 0.25) is 0 Å². The number of aryl methyl sites for hydroxylation is 1. The Morgan fingerprint density at radius 2 is 1.65 bits per heavy atom. The molecule has 108 valence electrons. The molecular weight excluding hydrogens is 252 g/mol. The molecule has 0 atom stereocenters. The zero-order valence-electron chi connectivity index (χ0n) is 12.4. The van der Waals surface area contributed by atoms with Gasteiger partial charge in [0.15, 0.2) is 5.78 Å². The van der Waals surface area contributed by atoms with Crippen LogP contribution in [0.3, 0.4) is 0 Å². The molecule has 1 fully saturated rings. The predicted molar refractivity (Wildman–Crippen MR) is 78.9 cm³/mol. The van der Waals surface area contributed by atoms with Crippen LogP contribution in [0.5, 0.6) is 0 Å². The highest BCUT2D eigenvalue weighted by atomic mass is 16.2. The number of benzene rings is 1. The molecule has 2 amide bonds. The summed E-state index contributed by atoms with van der Waals surface area (Å²) < 4.78 is 0. The van der Waals surface area contributed by atoms with Crippen LogP contribution in [0.15, 0.2) is 24.3 Å². The van der Waals surface area contributed by atoms with Gasteiger partial charge in [0.2, 0.25) is 0 Å². The van der Waals surface area contributed by atoms with E-state index in [2.05, 4.69) is 0 Å². The van der Waals surface area contributed by atoms with Crippen molar-refractivity contribution in [3.05, 3.63) is 35.4 Å². The van der Waals surface area contributed by atoms with Crippen molar-refractivity contribution in [2.45, 2.75) is 19.8 Å². The minimum absolute atomic E-state index is 0.0336. The summed E-state index contributed by atoms with van der Waals surface area (Å²) >= 11 is 0. The Morgan fingerprint density at radius 1 is 1.10 bits per heavy atom. The van der Waals surface area contributed by atoms with Gasteiger partial charge < -0.3 is 9.80 Å². The molecule has 2 rings (SSSR count). The number of rotatable bonds is 2. The molecule has 0 aromatic heterocycles. The van der Waals surface area contributed by atoms with Gasteiger partial charge >= 0.3 is 6.03 Å². The quantitative estimate of drug-likeness (QED) is 0.778. The molecule has 0 radical (unpaired) electrons. The minimum Gasteiger partial charge on any atom is -0.331 e. The van der Waals surface area contributed by atoms with Crippen molar-refractivity contribution in [2.75, 3.05) is 27.2 Å². The normalized spacial score (nSPS) is 16.1. The maximum atomic E-state index is 12.4. The monoisotopic (exact) mass is 274 g/mol. The highest BCUT2D eigenvalue weighted by molar-refractivity contribution is 5.98. The van der Waals surface area contributed by atoms with E-state index in [0.29, 0.717) is 13.1 Å². The number of hydrogen-bond acceptors (Lipinski definition) is 2. The fourth-order valence-corrected chi connectivity index (χ4v) is 2.57. The summed E-state index contributed by atoms with van der Waals surface area (Å²) in [7, 11) is 3.51. The zero-order chi connectivity index (χ0) is 14.7. The van der Waals surface area contributed by atoms with Crippen LogP contribution in [0, 0.1) is 12.8 Å². The number of piperidine rings is 1. The molecule has 20 heavy (non-hydrogen) atoms. The van der Waals surface area contributed by atoms with Crippen molar-refractivity contribution in [1.82, 2.24) is 9.80 Å². The molecule has 0 spiro atoms. The second-order valence-electron chi connectivity index (χ2n) is 5.67. The Hall–Kier alpha value is -1.84. The molecule has 1 aliphatic rings. The molecule has 0 N–H and O–H groups in total. The summed E-state index contributed by atoms with van der Waals surface area (Å²) in [6.45, 7) is 3.35. The second-order valence-corrected chi connectivity index (χ2v) is 5.67. The van der Waals surface area contributed by atoms with Gasteiger partial charge in [-0.1, -0.05) is 29.8 Å². The number of carbonyl (C=O) groups is 2. The van der Waals surface area contributed by atoms with Gasteiger partial charge in [0.1, 0.15) is 0 Å². The standard InChI is InChI=1S/C16H22N2O2/c1-12-4-6-13(7-5-12)15(19)14-8-10-18(11-9-14)16(20)17(2)3/h4-7,14H,8-11H2,1-3H3. The van der Waals surface area contributed by atoms with Crippen LogP contribution in [0.4, 0.5) is 4.79 Å². The number of carbonyl (C=O) groups excluding carboxylic acids is 2. The zero-order valence-corrected chi connectivity index (χ0v) is 12.4. The Morgan fingerprint density at radius 3 is 2.15 bits per heavy atom. The smallest absolute Gasteiger partial charge is 0.319 e. The molecule has 0 saturated carbocycles. The van der Waals surface area contributed by atoms with Crippen LogP contribution in [-0.2, 0) is 0 Å². The lowest BCUT2D eigenvalue weighted by Gasteiger charge is -2.33. The topological polar surface area (TPSA) is 40.6 Å². The van der Waals surface area contributed by atoms with Gasteiger partial charge in [0, 0.05) is 38.7 Å². The number of nitrogens with zero attached hydrogens (tertiary/aromatic N) is 2. The third-order valence-corrected chi connectivity index (χ3v) is 3.85. The van der Waals surface area contributed by atoms with Gasteiger partial charge in [0.05, 0.1) is 0 Å². The minimum atomic E-state index is 0.0336. The first-order valence-corrected chi connectivity index (χ1v) is 7.06. The second kappa shape index (κ2) is 6.07.